The molecule has 2 aromatic heterocycles. The molecule has 0 bridgehead atoms. The van der Waals surface area contributed by atoms with Crippen LogP contribution < -0.4 is 5.32 Å². The maximum Gasteiger partial charge on any atom is 0.226 e. The minimum absolute atomic E-state index is 0.215. The summed E-state index contributed by atoms with van der Waals surface area (Å²) in [6.45, 7) is 0.654. The Morgan fingerprint density at radius 1 is 1.21 bits per heavy atom. The predicted molar refractivity (Wildman–Crippen MR) is 75.4 cm³/mol. The first-order chi connectivity index (χ1) is 9.28. The molecule has 0 aliphatic rings. The molecule has 3 aromatic rings. The molecule has 0 radical (unpaired) electrons. The molecule has 0 atom stereocenters. The summed E-state index contributed by atoms with van der Waals surface area (Å²) in [5.74, 6) is 0.689. The average Bonchev–Trinajstić information content (AvgIpc) is 2.82. The highest BCUT2D eigenvalue weighted by atomic mass is 35.5. The summed E-state index contributed by atoms with van der Waals surface area (Å²) < 4.78 is 1.82. The third-order valence-electron chi connectivity index (χ3n) is 2.88. The molecule has 19 heavy (non-hydrogen) atoms. The van der Waals surface area contributed by atoms with Crippen molar-refractivity contribution in [2.24, 2.45) is 0 Å². The van der Waals surface area contributed by atoms with Crippen LogP contribution in [-0.4, -0.2) is 26.8 Å². The van der Waals surface area contributed by atoms with Gasteiger partial charge in [0.15, 0.2) is 5.65 Å². The van der Waals surface area contributed by atoms with Gasteiger partial charge in [0.25, 0.3) is 0 Å². The first kappa shape index (κ1) is 11.9. The quantitative estimate of drug-likeness (QED) is 0.745. The molecule has 0 aliphatic heterocycles. The van der Waals surface area contributed by atoms with E-state index in [4.69, 9.17) is 11.6 Å². The average molecular weight is 274 g/mol. The lowest BCUT2D eigenvalue weighted by atomic mass is 10.2. The van der Waals surface area contributed by atoms with Crippen molar-refractivity contribution in [2.45, 2.75) is 6.54 Å². The number of anilines is 1. The smallest absolute Gasteiger partial charge is 0.226 e. The van der Waals surface area contributed by atoms with Crippen molar-refractivity contribution in [1.29, 1.82) is 0 Å². The van der Waals surface area contributed by atoms with E-state index in [0.717, 1.165) is 16.6 Å². The Labute approximate surface area is 115 Å². The molecule has 2 heterocycles. The third-order valence-corrected chi connectivity index (χ3v) is 3.05. The molecule has 1 N–H and O–H groups in total. The van der Waals surface area contributed by atoms with Crippen LogP contribution in [0.1, 0.15) is 5.56 Å². The van der Waals surface area contributed by atoms with Gasteiger partial charge in [-0.15, -0.1) is 0 Å². The molecule has 0 spiro atoms. The fraction of sp³-hybridized carbons (Fsp3) is 0.154. The lowest BCUT2D eigenvalue weighted by Gasteiger charge is -2.05. The van der Waals surface area contributed by atoms with Crippen LogP contribution in [0.25, 0.3) is 11.0 Å². The van der Waals surface area contributed by atoms with E-state index >= 15 is 0 Å². The maximum absolute atomic E-state index is 5.93. The molecule has 96 valence electrons. The van der Waals surface area contributed by atoms with Gasteiger partial charge in [-0.3, -0.25) is 0 Å². The van der Waals surface area contributed by atoms with Crippen molar-refractivity contribution in [1.82, 2.24) is 19.7 Å². The van der Waals surface area contributed by atoms with E-state index in [9.17, 15) is 0 Å². The van der Waals surface area contributed by atoms with Crippen LogP contribution in [0.3, 0.4) is 0 Å². The number of halogens is 1. The van der Waals surface area contributed by atoms with Crippen molar-refractivity contribution < 1.29 is 0 Å². The number of benzene rings is 1. The summed E-state index contributed by atoms with van der Waals surface area (Å²) >= 11 is 5.93. The molecule has 0 saturated heterocycles. The number of nitrogens with one attached hydrogen (secondary N) is 1. The van der Waals surface area contributed by atoms with Crippen molar-refractivity contribution in [3.05, 3.63) is 47.4 Å². The Bertz CT molecular complexity index is 708. The predicted octanol–water partition coefficient (Wildman–Crippen LogP) is 2.57. The van der Waals surface area contributed by atoms with Gasteiger partial charge in [0.2, 0.25) is 5.28 Å². The first-order valence-electron chi connectivity index (χ1n) is 5.88. The van der Waals surface area contributed by atoms with Crippen molar-refractivity contribution >= 4 is 28.5 Å². The van der Waals surface area contributed by atoms with Gasteiger partial charge in [0.1, 0.15) is 5.82 Å². The van der Waals surface area contributed by atoms with Crippen molar-refractivity contribution in [3.63, 3.8) is 0 Å². The number of hydrogen-bond donors (Lipinski definition) is 1. The normalized spacial score (nSPS) is 10.8. The van der Waals surface area contributed by atoms with E-state index in [1.54, 1.807) is 13.2 Å². The number of hydrogen-bond acceptors (Lipinski definition) is 4. The summed E-state index contributed by atoms with van der Waals surface area (Å²) in [4.78, 5) is 8.39. The van der Waals surface area contributed by atoms with Gasteiger partial charge in [0, 0.05) is 7.05 Å². The van der Waals surface area contributed by atoms with E-state index < -0.39 is 0 Å². The highest BCUT2D eigenvalue weighted by Gasteiger charge is 2.11. The van der Waals surface area contributed by atoms with Gasteiger partial charge in [0.05, 0.1) is 18.1 Å². The molecule has 0 amide bonds. The molecule has 3 rings (SSSR count). The van der Waals surface area contributed by atoms with Crippen LogP contribution >= 0.6 is 11.6 Å². The minimum atomic E-state index is 0.215. The van der Waals surface area contributed by atoms with E-state index in [-0.39, 0.29) is 5.28 Å². The van der Waals surface area contributed by atoms with E-state index in [0.29, 0.717) is 12.4 Å². The zero-order chi connectivity index (χ0) is 13.2. The van der Waals surface area contributed by atoms with E-state index in [1.165, 1.54) is 0 Å². The lowest BCUT2D eigenvalue weighted by Crippen LogP contribution is -2.03. The fourth-order valence-electron chi connectivity index (χ4n) is 1.99. The Morgan fingerprint density at radius 2 is 2.00 bits per heavy atom. The lowest BCUT2D eigenvalue weighted by molar-refractivity contribution is 0.704. The van der Waals surface area contributed by atoms with E-state index in [2.05, 4.69) is 32.5 Å². The molecule has 0 unspecified atom stereocenters. The Balaban J connectivity index is 2.08. The second kappa shape index (κ2) is 4.85. The molecule has 5 nitrogen and oxygen atoms in total. The van der Waals surface area contributed by atoms with Crippen LogP contribution in [0.15, 0.2) is 36.5 Å². The SMILES string of the molecule is CNc1nc(Cl)nc2c1cnn2Cc1ccccc1. The summed E-state index contributed by atoms with van der Waals surface area (Å²) in [6, 6.07) is 10.1. The monoisotopic (exact) mass is 273 g/mol. The first-order valence-corrected chi connectivity index (χ1v) is 6.26. The van der Waals surface area contributed by atoms with Gasteiger partial charge in [-0.1, -0.05) is 30.3 Å². The topological polar surface area (TPSA) is 55.6 Å². The molecular weight excluding hydrogens is 262 g/mol. The Morgan fingerprint density at radius 3 is 2.74 bits per heavy atom. The van der Waals surface area contributed by atoms with Gasteiger partial charge in [-0.05, 0) is 17.2 Å². The standard InChI is InChI=1S/C13H12ClN5/c1-15-11-10-7-16-19(12(10)18-13(14)17-11)8-9-5-3-2-4-6-9/h2-7H,8H2,1H3,(H,15,17,18). The van der Waals surface area contributed by atoms with Crippen molar-refractivity contribution in [3.8, 4) is 0 Å². The summed E-state index contributed by atoms with van der Waals surface area (Å²) in [5.41, 5.74) is 1.89. The van der Waals surface area contributed by atoms with Gasteiger partial charge < -0.3 is 5.32 Å². The third kappa shape index (κ3) is 2.24. The van der Waals surface area contributed by atoms with Gasteiger partial charge in [-0.25, -0.2) is 9.67 Å². The Kier molecular flexibility index (Phi) is 3.05. The van der Waals surface area contributed by atoms with Crippen LogP contribution in [0.4, 0.5) is 5.82 Å². The molecular formula is C13H12ClN5. The zero-order valence-electron chi connectivity index (χ0n) is 10.3. The second-order valence-electron chi connectivity index (χ2n) is 4.12. The van der Waals surface area contributed by atoms with Gasteiger partial charge in [-0.2, -0.15) is 10.1 Å². The van der Waals surface area contributed by atoms with E-state index in [1.807, 2.05) is 22.9 Å². The zero-order valence-corrected chi connectivity index (χ0v) is 11.1. The van der Waals surface area contributed by atoms with Crippen LogP contribution in [-0.2, 0) is 6.54 Å². The van der Waals surface area contributed by atoms with Crippen molar-refractivity contribution in [2.75, 3.05) is 12.4 Å². The number of rotatable bonds is 3. The Hall–Kier alpha value is -2.14. The molecule has 0 aliphatic carbocycles. The largest absolute Gasteiger partial charge is 0.372 e. The molecule has 6 heteroatoms. The summed E-state index contributed by atoms with van der Waals surface area (Å²) in [7, 11) is 1.80. The van der Waals surface area contributed by atoms with Crippen LogP contribution in [0.5, 0.6) is 0 Å². The molecule has 0 fully saturated rings. The number of nitrogens with zero attached hydrogens (tertiary/aromatic N) is 4. The fourth-order valence-corrected chi connectivity index (χ4v) is 2.16. The molecule has 0 saturated carbocycles. The van der Waals surface area contributed by atoms with Gasteiger partial charge >= 0.3 is 0 Å². The second-order valence-corrected chi connectivity index (χ2v) is 4.45. The van der Waals surface area contributed by atoms with Crippen LogP contribution in [0, 0.1) is 0 Å². The highest BCUT2D eigenvalue weighted by molar-refractivity contribution is 6.28. The number of aromatic nitrogens is 4. The molecule has 1 aromatic carbocycles. The maximum atomic E-state index is 5.93. The number of fused-ring (bicyclic) bond motifs is 1. The summed E-state index contributed by atoms with van der Waals surface area (Å²) in [5, 5.41) is 8.43. The highest BCUT2D eigenvalue weighted by Crippen LogP contribution is 2.21. The van der Waals surface area contributed by atoms with Crippen LogP contribution in [0.2, 0.25) is 5.28 Å². The summed E-state index contributed by atoms with van der Waals surface area (Å²) in [6.07, 6.45) is 1.75. The minimum Gasteiger partial charge on any atom is -0.372 e.